The van der Waals surface area contributed by atoms with E-state index in [4.69, 9.17) is 5.73 Å². The third-order valence-corrected chi connectivity index (χ3v) is 2.52. The number of halogens is 1. The van der Waals surface area contributed by atoms with Gasteiger partial charge >= 0.3 is 5.69 Å². The SMILES string of the molecule is NCC#Cc1cc(F)ccc1Cn1cccnc1=O. The lowest BCUT2D eigenvalue weighted by Crippen LogP contribution is -2.22. The first-order chi connectivity index (χ1) is 9.20. The van der Waals surface area contributed by atoms with E-state index in [0.29, 0.717) is 12.1 Å². The monoisotopic (exact) mass is 257 g/mol. The Labute approximate surface area is 109 Å². The fourth-order valence-electron chi connectivity index (χ4n) is 1.64. The minimum Gasteiger partial charge on any atom is -0.320 e. The molecule has 2 rings (SSSR count). The van der Waals surface area contributed by atoms with E-state index in [1.54, 1.807) is 18.3 Å². The predicted molar refractivity (Wildman–Crippen MR) is 69.9 cm³/mol. The van der Waals surface area contributed by atoms with E-state index < -0.39 is 0 Å². The first-order valence-electron chi connectivity index (χ1n) is 5.69. The van der Waals surface area contributed by atoms with E-state index in [1.165, 1.54) is 22.9 Å². The topological polar surface area (TPSA) is 60.9 Å². The molecule has 96 valence electrons. The summed E-state index contributed by atoms with van der Waals surface area (Å²) < 4.78 is 14.6. The predicted octanol–water partition coefficient (Wildman–Crippen LogP) is 0.741. The molecule has 0 spiro atoms. The van der Waals surface area contributed by atoms with Gasteiger partial charge in [-0.1, -0.05) is 17.9 Å². The molecule has 0 fully saturated rings. The summed E-state index contributed by atoms with van der Waals surface area (Å²) in [4.78, 5) is 15.2. The van der Waals surface area contributed by atoms with Gasteiger partial charge in [0.15, 0.2) is 0 Å². The molecule has 1 aromatic heterocycles. The van der Waals surface area contributed by atoms with Crippen LogP contribution in [0.4, 0.5) is 4.39 Å². The third kappa shape index (κ3) is 3.27. The Morgan fingerprint density at radius 1 is 1.42 bits per heavy atom. The largest absolute Gasteiger partial charge is 0.347 e. The van der Waals surface area contributed by atoms with Gasteiger partial charge in [-0.05, 0) is 23.8 Å². The minimum atomic E-state index is -0.372. The van der Waals surface area contributed by atoms with E-state index >= 15 is 0 Å². The number of hydrogen-bond donors (Lipinski definition) is 1. The smallest absolute Gasteiger partial charge is 0.320 e. The number of benzene rings is 1. The van der Waals surface area contributed by atoms with Gasteiger partial charge in [-0.25, -0.2) is 14.2 Å². The van der Waals surface area contributed by atoms with Crippen molar-refractivity contribution in [1.82, 2.24) is 9.55 Å². The molecule has 2 N–H and O–H groups in total. The van der Waals surface area contributed by atoms with Crippen LogP contribution in [0.25, 0.3) is 0 Å². The molecule has 4 nitrogen and oxygen atoms in total. The molecule has 19 heavy (non-hydrogen) atoms. The lowest BCUT2D eigenvalue weighted by atomic mass is 10.1. The molecule has 0 saturated heterocycles. The summed E-state index contributed by atoms with van der Waals surface area (Å²) in [6.07, 6.45) is 3.05. The Bertz CT molecular complexity index is 698. The summed E-state index contributed by atoms with van der Waals surface area (Å²) in [6, 6.07) is 5.94. The van der Waals surface area contributed by atoms with E-state index in [9.17, 15) is 9.18 Å². The highest BCUT2D eigenvalue weighted by atomic mass is 19.1. The standard InChI is InChI=1S/C14H12FN3O/c15-13-5-4-12(11(9-13)3-1-6-16)10-18-8-2-7-17-14(18)19/h2,4-5,7-9H,6,10,16H2. The summed E-state index contributed by atoms with van der Waals surface area (Å²) in [5.74, 6) is 5.11. The van der Waals surface area contributed by atoms with Crippen molar-refractivity contribution in [1.29, 1.82) is 0 Å². The van der Waals surface area contributed by atoms with E-state index in [0.717, 1.165) is 5.56 Å². The van der Waals surface area contributed by atoms with E-state index in [-0.39, 0.29) is 18.1 Å². The van der Waals surface area contributed by atoms with Crippen molar-refractivity contribution in [2.75, 3.05) is 6.54 Å². The van der Waals surface area contributed by atoms with Crippen molar-refractivity contribution in [3.63, 3.8) is 0 Å². The maximum Gasteiger partial charge on any atom is 0.347 e. The van der Waals surface area contributed by atoms with Crippen LogP contribution in [0.1, 0.15) is 11.1 Å². The molecule has 0 atom stereocenters. The summed E-state index contributed by atoms with van der Waals surface area (Å²) >= 11 is 0. The van der Waals surface area contributed by atoms with E-state index in [2.05, 4.69) is 16.8 Å². The van der Waals surface area contributed by atoms with Crippen molar-refractivity contribution in [3.8, 4) is 11.8 Å². The highest BCUT2D eigenvalue weighted by Gasteiger charge is 2.04. The summed E-state index contributed by atoms with van der Waals surface area (Å²) in [6.45, 7) is 0.490. The molecular formula is C14H12FN3O. The summed E-state index contributed by atoms with van der Waals surface area (Å²) in [7, 11) is 0. The van der Waals surface area contributed by atoms with Crippen molar-refractivity contribution < 1.29 is 4.39 Å². The van der Waals surface area contributed by atoms with Crippen LogP contribution >= 0.6 is 0 Å². The van der Waals surface area contributed by atoms with Gasteiger partial charge in [0.2, 0.25) is 0 Å². The van der Waals surface area contributed by atoms with Crippen LogP contribution in [0, 0.1) is 17.7 Å². The molecule has 5 heteroatoms. The van der Waals surface area contributed by atoms with Crippen LogP contribution in [0.15, 0.2) is 41.5 Å². The van der Waals surface area contributed by atoms with Crippen molar-refractivity contribution in [2.24, 2.45) is 5.73 Å². The molecular weight excluding hydrogens is 245 g/mol. The van der Waals surface area contributed by atoms with Crippen molar-refractivity contribution in [3.05, 3.63) is 64.1 Å². The third-order valence-electron chi connectivity index (χ3n) is 2.52. The number of nitrogens with two attached hydrogens (primary N) is 1. The Kier molecular flexibility index (Phi) is 4.06. The average Bonchev–Trinajstić information content (AvgIpc) is 2.41. The highest BCUT2D eigenvalue weighted by molar-refractivity contribution is 5.42. The highest BCUT2D eigenvalue weighted by Crippen LogP contribution is 2.11. The van der Waals surface area contributed by atoms with Crippen LogP contribution in [0.3, 0.4) is 0 Å². The molecule has 0 amide bonds. The second kappa shape index (κ2) is 5.94. The molecule has 0 aliphatic heterocycles. The van der Waals surface area contributed by atoms with Gasteiger partial charge in [0.05, 0.1) is 13.1 Å². The van der Waals surface area contributed by atoms with Gasteiger partial charge in [0, 0.05) is 18.0 Å². The Morgan fingerprint density at radius 3 is 3.00 bits per heavy atom. The zero-order valence-electron chi connectivity index (χ0n) is 10.1. The Hall–Kier alpha value is -2.45. The van der Waals surface area contributed by atoms with Crippen LogP contribution in [-0.2, 0) is 6.54 Å². The minimum absolute atomic E-state index is 0.197. The van der Waals surface area contributed by atoms with Gasteiger partial charge in [-0.2, -0.15) is 0 Å². The molecule has 0 bridgehead atoms. The molecule has 0 unspecified atom stereocenters. The molecule has 0 aliphatic carbocycles. The van der Waals surface area contributed by atoms with Crippen molar-refractivity contribution in [2.45, 2.75) is 6.54 Å². The normalized spacial score (nSPS) is 9.79. The zero-order valence-corrected chi connectivity index (χ0v) is 10.1. The van der Waals surface area contributed by atoms with E-state index in [1.807, 2.05) is 0 Å². The summed E-state index contributed by atoms with van der Waals surface area (Å²) in [5.41, 5.74) is 6.23. The lowest BCUT2D eigenvalue weighted by Gasteiger charge is -2.07. The number of aromatic nitrogens is 2. The van der Waals surface area contributed by atoms with Crippen LogP contribution in [0.5, 0.6) is 0 Å². The van der Waals surface area contributed by atoms with Gasteiger partial charge in [0.25, 0.3) is 0 Å². The van der Waals surface area contributed by atoms with Gasteiger partial charge in [-0.3, -0.25) is 4.57 Å². The second-order valence-electron chi connectivity index (χ2n) is 3.84. The summed E-state index contributed by atoms with van der Waals surface area (Å²) in [5, 5.41) is 0. The Morgan fingerprint density at radius 2 is 2.26 bits per heavy atom. The molecule has 1 heterocycles. The second-order valence-corrected chi connectivity index (χ2v) is 3.84. The molecule has 1 aromatic carbocycles. The number of hydrogen-bond acceptors (Lipinski definition) is 3. The number of rotatable bonds is 2. The quantitative estimate of drug-likeness (QED) is 0.807. The fraction of sp³-hybridized carbons (Fsp3) is 0.143. The maximum atomic E-state index is 13.2. The first-order valence-corrected chi connectivity index (χ1v) is 5.69. The zero-order chi connectivity index (χ0) is 13.7. The van der Waals surface area contributed by atoms with Crippen LogP contribution in [-0.4, -0.2) is 16.1 Å². The Balaban J connectivity index is 2.40. The van der Waals surface area contributed by atoms with Crippen LogP contribution < -0.4 is 11.4 Å². The van der Waals surface area contributed by atoms with Gasteiger partial charge in [-0.15, -0.1) is 0 Å². The molecule has 2 aromatic rings. The van der Waals surface area contributed by atoms with Crippen LogP contribution in [0.2, 0.25) is 0 Å². The lowest BCUT2D eigenvalue weighted by molar-refractivity contribution is 0.625. The molecule has 0 radical (unpaired) electrons. The maximum absolute atomic E-state index is 13.2. The van der Waals surface area contributed by atoms with Gasteiger partial charge in [0.1, 0.15) is 5.82 Å². The van der Waals surface area contributed by atoms with Crippen molar-refractivity contribution >= 4 is 0 Å². The average molecular weight is 257 g/mol. The first kappa shape index (κ1) is 13.0. The van der Waals surface area contributed by atoms with Gasteiger partial charge < -0.3 is 5.73 Å². The number of nitrogens with zero attached hydrogens (tertiary/aromatic N) is 2. The fourth-order valence-corrected chi connectivity index (χ4v) is 1.64. The molecule has 0 aliphatic rings. The molecule has 0 saturated carbocycles.